The second-order valence-corrected chi connectivity index (χ2v) is 11.2. The van der Waals surface area contributed by atoms with Crippen LogP contribution in [0.15, 0.2) is 0 Å². The molecule has 1 amide bonds. The monoisotopic (exact) mass is 510 g/mol. The molecule has 0 aromatic carbocycles. The number of carbonyl (C=O) groups excluding carboxylic acids is 1. The van der Waals surface area contributed by atoms with Gasteiger partial charge in [0.25, 0.3) is 0 Å². The lowest BCUT2D eigenvalue weighted by molar-refractivity contribution is -0.122. The van der Waals surface area contributed by atoms with E-state index in [2.05, 4.69) is 35.1 Å². The van der Waals surface area contributed by atoms with Crippen LogP contribution in [0.3, 0.4) is 0 Å². The molecule has 0 aromatic rings. The number of amides is 1. The van der Waals surface area contributed by atoms with Crippen LogP contribution in [0.5, 0.6) is 0 Å². The molecule has 0 fully saturated rings. The highest BCUT2D eigenvalue weighted by Gasteiger charge is 2.26. The zero-order valence-corrected chi connectivity index (χ0v) is 23.5. The Labute approximate surface area is 207 Å². The van der Waals surface area contributed by atoms with Gasteiger partial charge in [-0.25, -0.2) is 4.57 Å². The van der Waals surface area contributed by atoms with E-state index < -0.39 is 13.9 Å². The molecule has 204 valence electrons. The third kappa shape index (κ3) is 20.8. The first kappa shape index (κ1) is 33.4. The van der Waals surface area contributed by atoms with Crippen molar-refractivity contribution in [3.63, 3.8) is 0 Å². The number of hydrogen-bond donors (Lipinski definition) is 5. The van der Waals surface area contributed by atoms with E-state index in [1.807, 2.05) is 41.5 Å². The molecule has 11 heteroatoms. The molecule has 2 atom stereocenters. The van der Waals surface area contributed by atoms with Crippen LogP contribution in [0.1, 0.15) is 74.7 Å². The van der Waals surface area contributed by atoms with Crippen molar-refractivity contribution < 1.29 is 28.0 Å². The lowest BCUT2D eigenvalue weighted by Crippen LogP contribution is -2.42. The summed E-state index contributed by atoms with van der Waals surface area (Å²) in [5.74, 6) is -0.0788. The summed E-state index contributed by atoms with van der Waals surface area (Å²) < 4.78 is 28.7. The third-order valence-electron chi connectivity index (χ3n) is 4.59. The maximum absolute atomic E-state index is 12.3. The van der Waals surface area contributed by atoms with Gasteiger partial charge in [0.05, 0.1) is 24.9 Å². The molecule has 0 aliphatic carbocycles. The van der Waals surface area contributed by atoms with Crippen molar-refractivity contribution in [1.29, 1.82) is 0 Å². The average Bonchev–Trinajstić information content (AvgIpc) is 2.71. The van der Waals surface area contributed by atoms with Crippen molar-refractivity contribution in [1.82, 2.24) is 21.3 Å². The standard InChI is InChI=1S/C23H51N4O6P/c1-17(2)24-13-21(32-20(7)8)14-27-23(28)11-9-10-12-31-34(29,30)33-22(15-25-18(3)4)16-26-19(5)6/h17-22,24-26H,9-16H2,1-8H3,(H,27,28)(H,29,30). The summed E-state index contributed by atoms with van der Waals surface area (Å²) >= 11 is 0. The molecule has 34 heavy (non-hydrogen) atoms. The Kier molecular flexibility index (Phi) is 18.3. The summed E-state index contributed by atoms with van der Waals surface area (Å²) in [6, 6.07) is 0.802. The largest absolute Gasteiger partial charge is 0.472 e. The fraction of sp³-hybridized carbons (Fsp3) is 0.957. The number of phosphoric ester groups is 1. The van der Waals surface area contributed by atoms with Gasteiger partial charge in [-0.3, -0.25) is 13.8 Å². The van der Waals surface area contributed by atoms with Gasteiger partial charge < -0.3 is 30.9 Å². The Hall–Kier alpha value is -0.580. The predicted octanol–water partition coefficient (Wildman–Crippen LogP) is 2.56. The summed E-state index contributed by atoms with van der Waals surface area (Å²) in [6.45, 7) is 18.1. The zero-order valence-electron chi connectivity index (χ0n) is 22.6. The Balaban J connectivity index is 4.28. The summed E-state index contributed by atoms with van der Waals surface area (Å²) in [6.07, 6.45) is 0.797. The van der Waals surface area contributed by atoms with Gasteiger partial charge in [0.1, 0.15) is 0 Å². The average molecular weight is 511 g/mol. The quantitative estimate of drug-likeness (QED) is 0.117. The molecule has 0 bridgehead atoms. The topological polar surface area (TPSA) is 130 Å². The Morgan fingerprint density at radius 1 is 0.794 bits per heavy atom. The normalized spacial score (nSPS) is 15.0. The van der Waals surface area contributed by atoms with Crippen LogP contribution in [-0.4, -0.2) is 80.0 Å². The highest BCUT2D eigenvalue weighted by molar-refractivity contribution is 7.47. The molecule has 10 nitrogen and oxygen atoms in total. The Bertz CT molecular complexity index is 566. The molecule has 2 unspecified atom stereocenters. The molecule has 0 saturated carbocycles. The molecule has 0 heterocycles. The fourth-order valence-electron chi connectivity index (χ4n) is 2.90. The van der Waals surface area contributed by atoms with Gasteiger partial charge in [-0.1, -0.05) is 41.5 Å². The molecule has 0 rings (SSSR count). The second kappa shape index (κ2) is 18.7. The van der Waals surface area contributed by atoms with Crippen LogP contribution in [0, 0.1) is 0 Å². The first-order valence-corrected chi connectivity index (χ1v) is 14.1. The van der Waals surface area contributed by atoms with Crippen molar-refractivity contribution >= 4 is 13.7 Å². The lowest BCUT2D eigenvalue weighted by Gasteiger charge is -2.23. The van der Waals surface area contributed by atoms with Crippen molar-refractivity contribution in [3.8, 4) is 0 Å². The van der Waals surface area contributed by atoms with E-state index in [4.69, 9.17) is 13.8 Å². The van der Waals surface area contributed by atoms with Crippen molar-refractivity contribution in [2.75, 3.05) is 32.8 Å². The molecule has 0 spiro atoms. The minimum absolute atomic E-state index is 0.0421. The van der Waals surface area contributed by atoms with Crippen LogP contribution in [0.25, 0.3) is 0 Å². The molecule has 0 saturated heterocycles. The van der Waals surface area contributed by atoms with E-state index in [1.54, 1.807) is 0 Å². The number of nitrogens with one attached hydrogen (secondary N) is 4. The van der Waals surface area contributed by atoms with Crippen molar-refractivity contribution in [2.24, 2.45) is 0 Å². The number of hydrogen-bond acceptors (Lipinski definition) is 8. The first-order valence-electron chi connectivity index (χ1n) is 12.6. The predicted molar refractivity (Wildman–Crippen MR) is 137 cm³/mol. The van der Waals surface area contributed by atoms with E-state index in [0.29, 0.717) is 51.5 Å². The van der Waals surface area contributed by atoms with Crippen molar-refractivity contribution in [2.45, 2.75) is 111 Å². The van der Waals surface area contributed by atoms with Crippen LogP contribution >= 0.6 is 7.82 Å². The van der Waals surface area contributed by atoms with Crippen LogP contribution in [-0.2, 0) is 23.1 Å². The minimum Gasteiger partial charge on any atom is -0.372 e. The van der Waals surface area contributed by atoms with E-state index in [0.717, 1.165) is 0 Å². The van der Waals surface area contributed by atoms with Gasteiger partial charge in [0, 0.05) is 50.7 Å². The van der Waals surface area contributed by atoms with Gasteiger partial charge in [0.15, 0.2) is 0 Å². The van der Waals surface area contributed by atoms with Gasteiger partial charge in [-0.05, 0) is 26.7 Å². The van der Waals surface area contributed by atoms with Crippen LogP contribution < -0.4 is 21.3 Å². The molecular formula is C23H51N4O6P. The molecule has 0 radical (unpaired) electrons. The third-order valence-corrected chi connectivity index (χ3v) is 5.66. The SMILES string of the molecule is CC(C)NCC(CNC(=O)CCCCOP(=O)(O)OC(CNC(C)C)CNC(C)C)OC(C)C. The number of carbonyl (C=O) groups is 1. The number of phosphoric acid groups is 1. The van der Waals surface area contributed by atoms with Gasteiger partial charge >= 0.3 is 7.82 Å². The van der Waals surface area contributed by atoms with Gasteiger partial charge in [0.2, 0.25) is 5.91 Å². The lowest BCUT2D eigenvalue weighted by atomic mass is 10.2. The molecule has 0 aliphatic rings. The highest BCUT2D eigenvalue weighted by atomic mass is 31.2. The van der Waals surface area contributed by atoms with Gasteiger partial charge in [-0.2, -0.15) is 0 Å². The fourth-order valence-corrected chi connectivity index (χ4v) is 3.85. The summed E-state index contributed by atoms with van der Waals surface area (Å²) in [7, 11) is -4.19. The number of rotatable bonds is 21. The van der Waals surface area contributed by atoms with E-state index in [1.165, 1.54) is 0 Å². The Morgan fingerprint density at radius 2 is 1.29 bits per heavy atom. The Morgan fingerprint density at radius 3 is 1.76 bits per heavy atom. The van der Waals surface area contributed by atoms with Gasteiger partial charge in [-0.15, -0.1) is 0 Å². The molecule has 0 aromatic heterocycles. The molecular weight excluding hydrogens is 459 g/mol. The van der Waals surface area contributed by atoms with E-state index >= 15 is 0 Å². The summed E-state index contributed by atoms with van der Waals surface area (Å²) in [4.78, 5) is 22.2. The maximum atomic E-state index is 12.3. The van der Waals surface area contributed by atoms with E-state index in [9.17, 15) is 14.3 Å². The smallest absolute Gasteiger partial charge is 0.372 e. The molecule has 0 aliphatic heterocycles. The molecule has 5 N–H and O–H groups in total. The summed E-state index contributed by atoms with van der Waals surface area (Å²) in [5, 5.41) is 12.7. The number of unbranched alkanes of at least 4 members (excludes halogenated alkanes) is 1. The maximum Gasteiger partial charge on any atom is 0.472 e. The first-order chi connectivity index (χ1) is 15.8. The van der Waals surface area contributed by atoms with Crippen LogP contribution in [0.4, 0.5) is 0 Å². The number of ether oxygens (including phenoxy) is 1. The highest BCUT2D eigenvalue weighted by Crippen LogP contribution is 2.44. The minimum atomic E-state index is -4.19. The van der Waals surface area contributed by atoms with E-state index in [-0.39, 0.29) is 36.8 Å². The zero-order chi connectivity index (χ0) is 26.1. The van der Waals surface area contributed by atoms with Crippen molar-refractivity contribution in [3.05, 3.63) is 0 Å². The second-order valence-electron chi connectivity index (χ2n) is 9.79. The van der Waals surface area contributed by atoms with Crippen LogP contribution in [0.2, 0.25) is 0 Å². The summed E-state index contributed by atoms with van der Waals surface area (Å²) in [5.41, 5.74) is 0.